The first-order valence-electron chi connectivity index (χ1n) is 10.1. The van der Waals surface area contributed by atoms with Gasteiger partial charge in [-0.1, -0.05) is 35.9 Å². The molecule has 1 aliphatic rings. The lowest BCUT2D eigenvalue weighted by atomic mass is 10.1. The van der Waals surface area contributed by atoms with Crippen LogP contribution in [-0.2, 0) is 6.42 Å². The number of fused-ring (bicyclic) bond motifs is 2. The average Bonchev–Trinajstić information content (AvgIpc) is 3.17. The number of aryl methyl sites for hydroxylation is 1. The van der Waals surface area contributed by atoms with Crippen molar-refractivity contribution in [2.45, 2.75) is 18.9 Å². The van der Waals surface area contributed by atoms with Gasteiger partial charge in [0, 0.05) is 23.0 Å². The molecule has 0 saturated carbocycles. The third-order valence-electron chi connectivity index (χ3n) is 5.39. The predicted molar refractivity (Wildman–Crippen MR) is 125 cm³/mol. The molecule has 154 valence electrons. The van der Waals surface area contributed by atoms with Crippen LogP contribution in [0.2, 0.25) is 5.15 Å². The summed E-state index contributed by atoms with van der Waals surface area (Å²) in [5.74, 6) is 0.849. The normalized spacial score (nSPS) is 14.8. The van der Waals surface area contributed by atoms with E-state index in [0.29, 0.717) is 16.5 Å². The largest absolute Gasteiger partial charge is 0.363 e. The van der Waals surface area contributed by atoms with E-state index in [4.69, 9.17) is 16.6 Å². The van der Waals surface area contributed by atoms with Gasteiger partial charge in [0.1, 0.15) is 11.0 Å². The van der Waals surface area contributed by atoms with Crippen LogP contribution in [0.3, 0.4) is 0 Å². The van der Waals surface area contributed by atoms with Crippen molar-refractivity contribution in [3.05, 3.63) is 89.2 Å². The standard InChI is InChI=1S/C24H20ClN5O/c25-22-14-18(11-12-26-22)28-24(31)27-17-7-9-20-16(13-17)6-10-23(29-20)30-21-8-5-15-3-1-2-4-19(15)21/h1-4,6-7,9-14,21H,5,8H2,(H,29,30)(H2,26,27,28,31). The lowest BCUT2D eigenvalue weighted by Gasteiger charge is -2.15. The van der Waals surface area contributed by atoms with E-state index in [-0.39, 0.29) is 12.1 Å². The van der Waals surface area contributed by atoms with Crippen LogP contribution in [0.4, 0.5) is 22.0 Å². The summed E-state index contributed by atoms with van der Waals surface area (Å²) in [4.78, 5) is 20.9. The van der Waals surface area contributed by atoms with Crippen molar-refractivity contribution >= 4 is 45.7 Å². The molecule has 7 heteroatoms. The van der Waals surface area contributed by atoms with E-state index in [9.17, 15) is 4.79 Å². The summed E-state index contributed by atoms with van der Waals surface area (Å²) in [5.41, 5.74) is 4.87. The Morgan fingerprint density at radius 1 is 0.968 bits per heavy atom. The maximum atomic E-state index is 12.3. The molecule has 3 N–H and O–H groups in total. The molecule has 6 nitrogen and oxygen atoms in total. The van der Waals surface area contributed by atoms with Gasteiger partial charge in [-0.05, 0) is 66.4 Å². The molecule has 0 aliphatic heterocycles. The first kappa shape index (κ1) is 19.3. The quantitative estimate of drug-likeness (QED) is 0.346. The molecule has 0 fully saturated rings. The van der Waals surface area contributed by atoms with Crippen molar-refractivity contribution in [1.82, 2.24) is 9.97 Å². The Hall–Kier alpha value is -3.64. The van der Waals surface area contributed by atoms with Crippen LogP contribution >= 0.6 is 11.6 Å². The summed E-state index contributed by atoms with van der Waals surface area (Å²) in [6.07, 6.45) is 3.69. The molecule has 31 heavy (non-hydrogen) atoms. The summed E-state index contributed by atoms with van der Waals surface area (Å²) in [6, 6.07) is 21.4. The average molecular weight is 430 g/mol. The molecule has 0 saturated heterocycles. The number of hydrogen-bond donors (Lipinski definition) is 3. The van der Waals surface area contributed by atoms with E-state index < -0.39 is 0 Å². The SMILES string of the molecule is O=C(Nc1ccnc(Cl)c1)Nc1ccc2nc(NC3CCc4ccccc43)ccc2c1. The fourth-order valence-electron chi connectivity index (χ4n) is 3.94. The van der Waals surface area contributed by atoms with E-state index in [2.05, 4.69) is 45.2 Å². The van der Waals surface area contributed by atoms with E-state index in [1.165, 1.54) is 17.3 Å². The van der Waals surface area contributed by atoms with Gasteiger partial charge in [0.15, 0.2) is 0 Å². The minimum atomic E-state index is -0.354. The maximum absolute atomic E-state index is 12.3. The predicted octanol–water partition coefficient (Wildman–Crippen LogP) is 6.03. The van der Waals surface area contributed by atoms with Crippen LogP contribution in [0.15, 0.2) is 72.9 Å². The van der Waals surface area contributed by atoms with E-state index >= 15 is 0 Å². The summed E-state index contributed by atoms with van der Waals surface area (Å²) in [7, 11) is 0. The first-order chi connectivity index (χ1) is 15.1. The highest BCUT2D eigenvalue weighted by Gasteiger charge is 2.21. The highest BCUT2D eigenvalue weighted by atomic mass is 35.5. The number of anilines is 3. The molecular formula is C24H20ClN5O. The Bertz CT molecular complexity index is 1280. The first-order valence-corrected chi connectivity index (χ1v) is 10.5. The highest BCUT2D eigenvalue weighted by Crippen LogP contribution is 2.33. The van der Waals surface area contributed by atoms with Crippen molar-refractivity contribution in [2.24, 2.45) is 0 Å². The lowest BCUT2D eigenvalue weighted by molar-refractivity contribution is 0.262. The van der Waals surface area contributed by atoms with Crippen molar-refractivity contribution in [2.75, 3.05) is 16.0 Å². The molecule has 5 rings (SSSR count). The second kappa shape index (κ2) is 8.24. The van der Waals surface area contributed by atoms with Crippen LogP contribution < -0.4 is 16.0 Å². The molecule has 1 aliphatic carbocycles. The fourth-order valence-corrected chi connectivity index (χ4v) is 4.12. The number of carbonyl (C=O) groups is 1. The highest BCUT2D eigenvalue weighted by molar-refractivity contribution is 6.29. The van der Waals surface area contributed by atoms with E-state index in [1.54, 1.807) is 12.1 Å². The Kier molecular flexibility index (Phi) is 5.14. The Balaban J connectivity index is 1.28. The number of pyridine rings is 2. The fraction of sp³-hybridized carbons (Fsp3) is 0.125. The van der Waals surface area contributed by atoms with Crippen molar-refractivity contribution in [3.8, 4) is 0 Å². The summed E-state index contributed by atoms with van der Waals surface area (Å²) in [6.45, 7) is 0. The van der Waals surface area contributed by atoms with Crippen LogP contribution in [0.25, 0.3) is 10.9 Å². The number of benzene rings is 2. The van der Waals surface area contributed by atoms with Gasteiger partial charge in [0.25, 0.3) is 0 Å². The Morgan fingerprint density at radius 3 is 2.68 bits per heavy atom. The minimum absolute atomic E-state index is 0.285. The van der Waals surface area contributed by atoms with Crippen LogP contribution in [0.5, 0.6) is 0 Å². The second-order valence-corrected chi connectivity index (χ2v) is 7.87. The molecule has 1 atom stereocenters. The van der Waals surface area contributed by atoms with E-state index in [1.807, 2.05) is 30.3 Å². The third kappa shape index (κ3) is 4.29. The maximum Gasteiger partial charge on any atom is 0.323 e. The molecule has 2 amide bonds. The summed E-state index contributed by atoms with van der Waals surface area (Å²) >= 11 is 5.85. The summed E-state index contributed by atoms with van der Waals surface area (Å²) in [5, 5.41) is 10.4. The van der Waals surface area contributed by atoms with Crippen LogP contribution in [0, 0.1) is 0 Å². The number of halogens is 1. The Labute approximate surface area is 184 Å². The zero-order chi connectivity index (χ0) is 21.2. The zero-order valence-electron chi connectivity index (χ0n) is 16.6. The number of urea groups is 1. The minimum Gasteiger partial charge on any atom is -0.363 e. The number of aromatic nitrogens is 2. The van der Waals surface area contributed by atoms with Gasteiger partial charge in [0.05, 0.1) is 11.6 Å². The monoisotopic (exact) mass is 429 g/mol. The molecule has 0 spiro atoms. The van der Waals surface area contributed by atoms with Gasteiger partial charge in [0.2, 0.25) is 0 Å². The molecule has 2 heterocycles. The number of carbonyl (C=O) groups excluding carboxylic acids is 1. The van der Waals surface area contributed by atoms with E-state index in [0.717, 1.165) is 29.6 Å². The van der Waals surface area contributed by atoms with Crippen molar-refractivity contribution in [1.29, 1.82) is 0 Å². The van der Waals surface area contributed by atoms with Gasteiger partial charge in [-0.2, -0.15) is 0 Å². The van der Waals surface area contributed by atoms with Crippen LogP contribution in [0.1, 0.15) is 23.6 Å². The smallest absolute Gasteiger partial charge is 0.323 e. The molecule has 0 bridgehead atoms. The van der Waals surface area contributed by atoms with Gasteiger partial charge < -0.3 is 16.0 Å². The zero-order valence-corrected chi connectivity index (χ0v) is 17.4. The number of hydrogen-bond acceptors (Lipinski definition) is 4. The number of amides is 2. The Morgan fingerprint density at radius 2 is 1.81 bits per heavy atom. The van der Waals surface area contributed by atoms with Crippen molar-refractivity contribution < 1.29 is 4.79 Å². The van der Waals surface area contributed by atoms with Crippen LogP contribution in [-0.4, -0.2) is 16.0 Å². The number of nitrogens with one attached hydrogen (secondary N) is 3. The molecule has 2 aromatic heterocycles. The van der Waals surface area contributed by atoms with Gasteiger partial charge in [-0.15, -0.1) is 0 Å². The number of nitrogens with zero attached hydrogens (tertiary/aromatic N) is 2. The molecule has 0 radical (unpaired) electrons. The number of rotatable bonds is 4. The molecular weight excluding hydrogens is 410 g/mol. The molecule has 2 aromatic carbocycles. The van der Waals surface area contributed by atoms with Gasteiger partial charge >= 0.3 is 6.03 Å². The molecule has 1 unspecified atom stereocenters. The van der Waals surface area contributed by atoms with Crippen molar-refractivity contribution in [3.63, 3.8) is 0 Å². The topological polar surface area (TPSA) is 78.9 Å². The lowest BCUT2D eigenvalue weighted by Crippen LogP contribution is -2.19. The summed E-state index contributed by atoms with van der Waals surface area (Å²) < 4.78 is 0. The third-order valence-corrected chi connectivity index (χ3v) is 5.59. The van der Waals surface area contributed by atoms with Gasteiger partial charge in [-0.25, -0.2) is 14.8 Å². The molecule has 4 aromatic rings. The second-order valence-electron chi connectivity index (χ2n) is 7.48. The van der Waals surface area contributed by atoms with Gasteiger partial charge in [-0.3, -0.25) is 0 Å².